The van der Waals surface area contributed by atoms with Gasteiger partial charge < -0.3 is 13.3 Å². The van der Waals surface area contributed by atoms with Gasteiger partial charge in [0.25, 0.3) is 0 Å². The van der Waals surface area contributed by atoms with Crippen LogP contribution in [0.3, 0.4) is 0 Å². The molecule has 17 heavy (non-hydrogen) atoms. The summed E-state index contributed by atoms with van der Waals surface area (Å²) in [4.78, 5) is 0. The number of hydrogen-bond acceptors (Lipinski definition) is 3. The fourth-order valence-corrected chi connectivity index (χ4v) is 2.48. The molecule has 0 bridgehead atoms. The van der Waals surface area contributed by atoms with Crippen LogP contribution in [-0.4, -0.2) is 29.3 Å². The molecule has 0 saturated carbocycles. The second-order valence-electron chi connectivity index (χ2n) is 3.96. The molecular formula is C12H29FO3Si. The van der Waals surface area contributed by atoms with E-state index in [2.05, 4.69) is 20.8 Å². The third-order valence-electron chi connectivity index (χ3n) is 2.26. The molecule has 0 fully saturated rings. The van der Waals surface area contributed by atoms with Crippen LogP contribution in [0.4, 0.5) is 4.70 Å². The molecular weight excluding hydrogens is 239 g/mol. The van der Waals surface area contributed by atoms with Crippen LogP contribution in [0.15, 0.2) is 0 Å². The maximum absolute atomic E-state index is 5.67. The first-order valence-corrected chi connectivity index (χ1v) is 8.11. The van der Waals surface area contributed by atoms with Gasteiger partial charge in [-0.15, -0.1) is 0 Å². The normalized spacial score (nSPS) is 10.6. The quantitative estimate of drug-likeness (QED) is 0.401. The van der Waals surface area contributed by atoms with Crippen LogP contribution < -0.4 is 0 Å². The lowest BCUT2D eigenvalue weighted by atomic mass is 10.4. The number of hydrogen-bond donors (Lipinski definition) is 0. The smallest absolute Gasteiger partial charge is 0.376 e. The van der Waals surface area contributed by atoms with Crippen LogP contribution in [0.25, 0.3) is 0 Å². The molecule has 5 heteroatoms. The minimum Gasteiger partial charge on any atom is -0.376 e. The van der Waals surface area contributed by atoms with Gasteiger partial charge in [0, 0.05) is 19.8 Å². The number of halogens is 1. The van der Waals surface area contributed by atoms with Gasteiger partial charge in [-0.05, 0) is 19.3 Å². The zero-order chi connectivity index (χ0) is 12.1. The zero-order valence-electron chi connectivity index (χ0n) is 11.6. The van der Waals surface area contributed by atoms with Gasteiger partial charge >= 0.3 is 9.53 Å². The van der Waals surface area contributed by atoms with Crippen molar-refractivity contribution in [3.63, 3.8) is 0 Å². The van der Waals surface area contributed by atoms with Crippen molar-refractivity contribution in [3.05, 3.63) is 0 Å². The van der Waals surface area contributed by atoms with Crippen LogP contribution in [0, 0.1) is 0 Å². The molecule has 0 unspecified atom stereocenters. The highest BCUT2D eigenvalue weighted by Crippen LogP contribution is 2.00. The molecule has 0 N–H and O–H groups in total. The van der Waals surface area contributed by atoms with Gasteiger partial charge in [0.2, 0.25) is 0 Å². The van der Waals surface area contributed by atoms with E-state index in [1.807, 2.05) is 0 Å². The Balaban J connectivity index is 0. The molecule has 0 spiro atoms. The highest BCUT2D eigenvalue weighted by molar-refractivity contribution is 6.36. The maximum Gasteiger partial charge on any atom is 0.484 e. The van der Waals surface area contributed by atoms with E-state index in [1.165, 1.54) is 0 Å². The molecule has 0 aliphatic rings. The SMILES string of the molecule is CCCCO[SiH](OCCCC)OCCCC.F. The van der Waals surface area contributed by atoms with Crippen molar-refractivity contribution < 1.29 is 18.0 Å². The molecule has 106 valence electrons. The summed E-state index contributed by atoms with van der Waals surface area (Å²) in [5, 5.41) is 0. The molecule has 0 amide bonds. The number of rotatable bonds is 12. The summed E-state index contributed by atoms with van der Waals surface area (Å²) >= 11 is 0. The molecule has 0 saturated heterocycles. The standard InChI is InChI=1S/C12H28O3Si.FH/c1-4-7-10-13-16(14-11-8-5-2)15-12-9-6-3;/h16H,4-12H2,1-3H3;1H. The molecule has 0 aromatic carbocycles. The Hall–Kier alpha value is 0.0269. The van der Waals surface area contributed by atoms with Crippen molar-refractivity contribution in [1.82, 2.24) is 0 Å². The van der Waals surface area contributed by atoms with Crippen molar-refractivity contribution in [2.45, 2.75) is 59.3 Å². The summed E-state index contributed by atoms with van der Waals surface area (Å²) in [5.74, 6) is 0. The highest BCUT2D eigenvalue weighted by Gasteiger charge is 2.14. The van der Waals surface area contributed by atoms with Gasteiger partial charge in [-0.25, -0.2) is 0 Å². The molecule has 3 nitrogen and oxygen atoms in total. The molecule has 0 heterocycles. The summed E-state index contributed by atoms with van der Waals surface area (Å²) in [7, 11) is -1.83. The van der Waals surface area contributed by atoms with Crippen LogP contribution in [0.2, 0.25) is 0 Å². The van der Waals surface area contributed by atoms with Crippen LogP contribution in [0.5, 0.6) is 0 Å². The molecule has 0 radical (unpaired) electrons. The van der Waals surface area contributed by atoms with E-state index in [0.717, 1.165) is 58.3 Å². The average molecular weight is 268 g/mol. The molecule has 0 aromatic heterocycles. The molecule has 0 aliphatic heterocycles. The van der Waals surface area contributed by atoms with E-state index in [4.69, 9.17) is 13.3 Å². The maximum atomic E-state index is 5.67. The Bertz CT molecular complexity index is 115. The average Bonchev–Trinajstić information content (AvgIpc) is 2.29. The van der Waals surface area contributed by atoms with Crippen LogP contribution in [0.1, 0.15) is 59.3 Å². The summed E-state index contributed by atoms with van der Waals surface area (Å²) in [6.07, 6.45) is 6.76. The third-order valence-corrected chi connectivity index (χ3v) is 3.78. The van der Waals surface area contributed by atoms with Crippen molar-refractivity contribution in [2.75, 3.05) is 19.8 Å². The lowest BCUT2D eigenvalue weighted by molar-refractivity contribution is 0.0899. The fourth-order valence-electron chi connectivity index (χ4n) is 1.12. The van der Waals surface area contributed by atoms with Gasteiger partial charge in [-0.1, -0.05) is 40.0 Å². The summed E-state index contributed by atoms with van der Waals surface area (Å²) < 4.78 is 17.0. The lowest BCUT2D eigenvalue weighted by Crippen LogP contribution is -2.28. The zero-order valence-corrected chi connectivity index (χ0v) is 12.7. The first-order chi connectivity index (χ1) is 7.85. The summed E-state index contributed by atoms with van der Waals surface area (Å²) in [6, 6.07) is 0. The second kappa shape index (κ2) is 16.0. The van der Waals surface area contributed by atoms with E-state index in [0.29, 0.717) is 0 Å². The van der Waals surface area contributed by atoms with Crippen molar-refractivity contribution >= 4 is 9.53 Å². The van der Waals surface area contributed by atoms with E-state index in [9.17, 15) is 0 Å². The van der Waals surface area contributed by atoms with Crippen molar-refractivity contribution in [1.29, 1.82) is 0 Å². The van der Waals surface area contributed by atoms with Gasteiger partial charge in [0.15, 0.2) is 0 Å². The summed E-state index contributed by atoms with van der Waals surface area (Å²) in [5.41, 5.74) is 0. The molecule has 0 aliphatic carbocycles. The Labute approximate surface area is 107 Å². The first kappa shape index (κ1) is 19.4. The molecule has 0 atom stereocenters. The van der Waals surface area contributed by atoms with Gasteiger partial charge in [-0.3, -0.25) is 4.70 Å². The van der Waals surface area contributed by atoms with E-state index >= 15 is 0 Å². The van der Waals surface area contributed by atoms with Gasteiger partial charge in [0.05, 0.1) is 0 Å². The van der Waals surface area contributed by atoms with Crippen molar-refractivity contribution in [2.24, 2.45) is 0 Å². The van der Waals surface area contributed by atoms with Gasteiger partial charge in [-0.2, -0.15) is 0 Å². The van der Waals surface area contributed by atoms with Crippen molar-refractivity contribution in [3.8, 4) is 0 Å². The Kier molecular flexibility index (Phi) is 18.3. The largest absolute Gasteiger partial charge is 0.484 e. The first-order valence-electron chi connectivity index (χ1n) is 6.69. The molecule has 0 rings (SSSR count). The predicted molar refractivity (Wildman–Crippen MR) is 72.2 cm³/mol. The summed E-state index contributed by atoms with van der Waals surface area (Å²) in [6.45, 7) is 8.84. The topological polar surface area (TPSA) is 27.7 Å². The predicted octanol–water partition coefficient (Wildman–Crippen LogP) is 3.31. The number of unbranched alkanes of at least 4 members (excludes halogenated alkanes) is 3. The van der Waals surface area contributed by atoms with Crippen LogP contribution >= 0.6 is 0 Å². The second-order valence-corrected chi connectivity index (χ2v) is 5.54. The fraction of sp³-hybridized carbons (Fsp3) is 1.00. The molecule has 0 aromatic rings. The Morgan fingerprint density at radius 1 is 0.647 bits per heavy atom. The Morgan fingerprint density at radius 3 is 1.18 bits per heavy atom. The van der Waals surface area contributed by atoms with Crippen LogP contribution in [-0.2, 0) is 13.3 Å². The third kappa shape index (κ3) is 14.0. The monoisotopic (exact) mass is 268 g/mol. The van der Waals surface area contributed by atoms with E-state index < -0.39 is 9.53 Å². The van der Waals surface area contributed by atoms with E-state index in [-0.39, 0.29) is 4.70 Å². The Morgan fingerprint density at radius 2 is 0.941 bits per heavy atom. The highest BCUT2D eigenvalue weighted by atomic mass is 28.3. The van der Waals surface area contributed by atoms with Gasteiger partial charge in [0.1, 0.15) is 0 Å². The van der Waals surface area contributed by atoms with E-state index in [1.54, 1.807) is 0 Å². The minimum atomic E-state index is -1.83. The minimum absolute atomic E-state index is 0. The lowest BCUT2D eigenvalue weighted by Gasteiger charge is -2.16.